The molecule has 0 spiro atoms. The second-order valence-corrected chi connectivity index (χ2v) is 8.78. The standard InChI is InChI=1S/C24H29N5/c1-24(2,3)18-8-10-20(11-9-18)26-22-16-21(17-12-14-25-15-13-17)28-23(29-22)27-19-6-4-5-7-19/h8-16,19H,4-7H2,1-3H3,(H2,26,27,28,29). The molecule has 0 atom stereocenters. The zero-order chi connectivity index (χ0) is 20.3. The van der Waals surface area contributed by atoms with Crippen molar-refractivity contribution in [3.05, 3.63) is 60.4 Å². The van der Waals surface area contributed by atoms with E-state index in [0.29, 0.717) is 12.0 Å². The smallest absolute Gasteiger partial charge is 0.225 e. The van der Waals surface area contributed by atoms with Crippen molar-refractivity contribution >= 4 is 17.5 Å². The van der Waals surface area contributed by atoms with Crippen molar-refractivity contribution in [2.24, 2.45) is 0 Å². The van der Waals surface area contributed by atoms with Gasteiger partial charge in [-0.3, -0.25) is 4.98 Å². The zero-order valence-corrected chi connectivity index (χ0v) is 17.4. The van der Waals surface area contributed by atoms with Crippen LogP contribution in [0.25, 0.3) is 11.3 Å². The molecule has 1 aromatic carbocycles. The molecule has 0 saturated heterocycles. The molecule has 0 bridgehead atoms. The highest BCUT2D eigenvalue weighted by Crippen LogP contribution is 2.27. The number of anilines is 3. The highest BCUT2D eigenvalue weighted by atomic mass is 15.2. The molecule has 5 heteroatoms. The van der Waals surface area contributed by atoms with Crippen molar-refractivity contribution in [3.8, 4) is 11.3 Å². The number of pyridine rings is 1. The maximum Gasteiger partial charge on any atom is 0.225 e. The van der Waals surface area contributed by atoms with Crippen LogP contribution in [0.4, 0.5) is 17.5 Å². The fraction of sp³-hybridized carbons (Fsp3) is 0.375. The average Bonchev–Trinajstić information content (AvgIpc) is 3.21. The third-order valence-corrected chi connectivity index (χ3v) is 5.41. The summed E-state index contributed by atoms with van der Waals surface area (Å²) in [6, 6.07) is 15.0. The number of aromatic nitrogens is 3. The summed E-state index contributed by atoms with van der Waals surface area (Å²) in [5.74, 6) is 1.47. The summed E-state index contributed by atoms with van der Waals surface area (Å²) in [5.41, 5.74) is 4.39. The maximum absolute atomic E-state index is 4.77. The monoisotopic (exact) mass is 387 g/mol. The third kappa shape index (κ3) is 4.91. The lowest BCUT2D eigenvalue weighted by atomic mass is 9.87. The molecule has 0 amide bonds. The minimum absolute atomic E-state index is 0.139. The van der Waals surface area contributed by atoms with Crippen molar-refractivity contribution in [2.75, 3.05) is 10.6 Å². The second kappa shape index (κ2) is 8.19. The summed E-state index contributed by atoms with van der Waals surface area (Å²) in [4.78, 5) is 13.6. The molecule has 2 heterocycles. The van der Waals surface area contributed by atoms with E-state index in [9.17, 15) is 0 Å². The molecule has 4 rings (SSSR count). The van der Waals surface area contributed by atoms with Gasteiger partial charge in [-0.2, -0.15) is 4.98 Å². The summed E-state index contributed by atoms with van der Waals surface area (Å²) in [6.07, 6.45) is 8.49. The van der Waals surface area contributed by atoms with Gasteiger partial charge in [0.2, 0.25) is 5.95 Å². The third-order valence-electron chi connectivity index (χ3n) is 5.41. The van der Waals surface area contributed by atoms with Gasteiger partial charge in [0.25, 0.3) is 0 Å². The Hall–Kier alpha value is -2.95. The van der Waals surface area contributed by atoms with Crippen molar-refractivity contribution in [1.82, 2.24) is 15.0 Å². The number of benzene rings is 1. The van der Waals surface area contributed by atoms with Gasteiger partial charge in [-0.15, -0.1) is 0 Å². The molecular formula is C24H29N5. The zero-order valence-electron chi connectivity index (χ0n) is 17.4. The lowest BCUT2D eigenvalue weighted by molar-refractivity contribution is 0.590. The second-order valence-electron chi connectivity index (χ2n) is 8.78. The predicted octanol–water partition coefficient (Wildman–Crippen LogP) is 5.93. The first kappa shape index (κ1) is 19.4. The maximum atomic E-state index is 4.77. The normalized spacial score (nSPS) is 14.7. The van der Waals surface area contributed by atoms with E-state index in [1.807, 2.05) is 18.2 Å². The van der Waals surface area contributed by atoms with E-state index < -0.39 is 0 Å². The lowest BCUT2D eigenvalue weighted by Crippen LogP contribution is -2.17. The lowest BCUT2D eigenvalue weighted by Gasteiger charge is -2.19. The van der Waals surface area contributed by atoms with Crippen LogP contribution in [0.3, 0.4) is 0 Å². The van der Waals surface area contributed by atoms with Crippen LogP contribution in [0.1, 0.15) is 52.0 Å². The predicted molar refractivity (Wildman–Crippen MR) is 120 cm³/mol. The Morgan fingerprint density at radius 2 is 1.59 bits per heavy atom. The molecule has 1 aliphatic rings. The highest BCUT2D eigenvalue weighted by Gasteiger charge is 2.17. The highest BCUT2D eigenvalue weighted by molar-refractivity contribution is 5.67. The molecule has 29 heavy (non-hydrogen) atoms. The number of nitrogens with zero attached hydrogens (tertiary/aromatic N) is 3. The van der Waals surface area contributed by atoms with Crippen LogP contribution < -0.4 is 10.6 Å². The van der Waals surface area contributed by atoms with Gasteiger partial charge in [-0.1, -0.05) is 45.7 Å². The van der Waals surface area contributed by atoms with E-state index in [1.165, 1.54) is 31.2 Å². The first-order valence-electron chi connectivity index (χ1n) is 10.4. The van der Waals surface area contributed by atoms with E-state index in [0.717, 1.165) is 22.8 Å². The van der Waals surface area contributed by atoms with Gasteiger partial charge in [0, 0.05) is 35.8 Å². The fourth-order valence-electron chi connectivity index (χ4n) is 3.70. The minimum atomic E-state index is 0.139. The summed E-state index contributed by atoms with van der Waals surface area (Å²) >= 11 is 0. The Balaban J connectivity index is 1.62. The van der Waals surface area contributed by atoms with E-state index in [1.54, 1.807) is 12.4 Å². The van der Waals surface area contributed by atoms with Crippen LogP contribution in [0.2, 0.25) is 0 Å². The van der Waals surface area contributed by atoms with Crippen molar-refractivity contribution in [1.29, 1.82) is 0 Å². The molecule has 2 N–H and O–H groups in total. The van der Waals surface area contributed by atoms with Crippen LogP contribution in [0, 0.1) is 0 Å². The van der Waals surface area contributed by atoms with E-state index >= 15 is 0 Å². The minimum Gasteiger partial charge on any atom is -0.351 e. The SMILES string of the molecule is CC(C)(C)c1ccc(Nc2cc(-c3ccncc3)nc(NC3CCCC3)n2)cc1. The molecular weight excluding hydrogens is 358 g/mol. The Bertz CT molecular complexity index is 939. The van der Waals surface area contributed by atoms with E-state index in [4.69, 9.17) is 9.97 Å². The molecule has 1 aliphatic carbocycles. The summed E-state index contributed by atoms with van der Waals surface area (Å²) < 4.78 is 0. The summed E-state index contributed by atoms with van der Waals surface area (Å²) in [6.45, 7) is 6.67. The van der Waals surface area contributed by atoms with Crippen LogP contribution in [-0.2, 0) is 5.41 Å². The van der Waals surface area contributed by atoms with Crippen LogP contribution in [-0.4, -0.2) is 21.0 Å². The Morgan fingerprint density at radius 1 is 0.897 bits per heavy atom. The fourth-order valence-corrected chi connectivity index (χ4v) is 3.70. The molecule has 150 valence electrons. The summed E-state index contributed by atoms with van der Waals surface area (Å²) in [5, 5.41) is 6.98. The topological polar surface area (TPSA) is 62.7 Å². The number of nitrogens with one attached hydrogen (secondary N) is 2. The Kier molecular flexibility index (Phi) is 5.47. The quantitative estimate of drug-likeness (QED) is 0.568. The van der Waals surface area contributed by atoms with Gasteiger partial charge < -0.3 is 10.6 Å². The molecule has 1 saturated carbocycles. The first-order valence-corrected chi connectivity index (χ1v) is 10.4. The first-order chi connectivity index (χ1) is 14.0. The van der Waals surface area contributed by atoms with Crippen molar-refractivity contribution in [2.45, 2.75) is 57.9 Å². The van der Waals surface area contributed by atoms with Gasteiger partial charge in [0.15, 0.2) is 0 Å². The Morgan fingerprint density at radius 3 is 2.24 bits per heavy atom. The molecule has 2 aromatic heterocycles. The number of hydrogen-bond donors (Lipinski definition) is 2. The average molecular weight is 388 g/mol. The van der Waals surface area contributed by atoms with Crippen molar-refractivity contribution in [3.63, 3.8) is 0 Å². The van der Waals surface area contributed by atoms with Gasteiger partial charge in [-0.05, 0) is 48.1 Å². The molecule has 0 aliphatic heterocycles. The van der Waals surface area contributed by atoms with Crippen LogP contribution in [0.15, 0.2) is 54.9 Å². The van der Waals surface area contributed by atoms with E-state index in [-0.39, 0.29) is 5.41 Å². The van der Waals surface area contributed by atoms with Crippen LogP contribution in [0.5, 0.6) is 0 Å². The van der Waals surface area contributed by atoms with Gasteiger partial charge in [0.1, 0.15) is 5.82 Å². The van der Waals surface area contributed by atoms with Gasteiger partial charge in [-0.25, -0.2) is 4.98 Å². The molecule has 3 aromatic rings. The molecule has 1 fully saturated rings. The molecule has 5 nitrogen and oxygen atoms in total. The Labute approximate surface area is 173 Å². The number of rotatable bonds is 5. The molecule has 0 unspecified atom stereocenters. The van der Waals surface area contributed by atoms with Crippen molar-refractivity contribution < 1.29 is 0 Å². The summed E-state index contributed by atoms with van der Waals surface area (Å²) in [7, 11) is 0. The van der Waals surface area contributed by atoms with Gasteiger partial charge >= 0.3 is 0 Å². The van der Waals surface area contributed by atoms with Crippen LogP contribution >= 0.6 is 0 Å². The molecule has 0 radical (unpaired) electrons. The number of hydrogen-bond acceptors (Lipinski definition) is 5. The largest absolute Gasteiger partial charge is 0.351 e. The van der Waals surface area contributed by atoms with E-state index in [2.05, 4.69) is 60.7 Å². The van der Waals surface area contributed by atoms with Gasteiger partial charge in [0.05, 0.1) is 5.69 Å².